The second-order valence-electron chi connectivity index (χ2n) is 3.50. The molecular formula is C12H11FN2O3. The molecule has 0 bridgehead atoms. The number of carbonyl (C=O) groups excluding carboxylic acids is 1. The fraction of sp³-hybridized carbons (Fsp3) is 0.250. The van der Waals surface area contributed by atoms with Crippen LogP contribution in [0.1, 0.15) is 12.8 Å². The normalized spacial score (nSPS) is 10.3. The van der Waals surface area contributed by atoms with Crippen LogP contribution < -0.4 is 0 Å². The topological polar surface area (TPSA) is 65.2 Å². The first kappa shape index (κ1) is 12.2. The lowest BCUT2D eigenvalue weighted by Crippen LogP contribution is -2.07. The predicted octanol–water partition coefficient (Wildman–Crippen LogP) is 1.98. The van der Waals surface area contributed by atoms with Gasteiger partial charge in [-0.3, -0.25) is 4.79 Å². The Kier molecular flexibility index (Phi) is 3.66. The SMILES string of the molecule is CCOC(=O)Cc1nc(-c2cccc(F)c2)no1. The van der Waals surface area contributed by atoms with Crippen LogP contribution in [-0.2, 0) is 16.0 Å². The van der Waals surface area contributed by atoms with Crippen LogP contribution in [0.2, 0.25) is 0 Å². The number of carbonyl (C=O) groups is 1. The molecule has 0 atom stereocenters. The van der Waals surface area contributed by atoms with Gasteiger partial charge in [-0.25, -0.2) is 4.39 Å². The molecule has 0 amide bonds. The molecule has 1 aromatic carbocycles. The van der Waals surface area contributed by atoms with E-state index in [2.05, 4.69) is 10.1 Å². The van der Waals surface area contributed by atoms with Gasteiger partial charge in [0.1, 0.15) is 12.2 Å². The maximum Gasteiger partial charge on any atom is 0.315 e. The lowest BCUT2D eigenvalue weighted by molar-refractivity contribution is -0.142. The van der Waals surface area contributed by atoms with Gasteiger partial charge in [0.05, 0.1) is 6.61 Å². The smallest absolute Gasteiger partial charge is 0.315 e. The van der Waals surface area contributed by atoms with Gasteiger partial charge in [0.2, 0.25) is 11.7 Å². The fourth-order valence-electron chi connectivity index (χ4n) is 1.41. The summed E-state index contributed by atoms with van der Waals surface area (Å²) in [5, 5.41) is 3.68. The van der Waals surface area contributed by atoms with Crippen LogP contribution >= 0.6 is 0 Å². The number of ether oxygens (including phenoxy) is 1. The number of nitrogens with zero attached hydrogens (tertiary/aromatic N) is 2. The quantitative estimate of drug-likeness (QED) is 0.776. The molecule has 0 N–H and O–H groups in total. The van der Waals surface area contributed by atoms with E-state index in [1.165, 1.54) is 12.1 Å². The summed E-state index contributed by atoms with van der Waals surface area (Å²) in [6, 6.07) is 5.82. The third-order valence-electron chi connectivity index (χ3n) is 2.15. The summed E-state index contributed by atoms with van der Waals surface area (Å²) in [5.41, 5.74) is 0.494. The molecule has 0 fully saturated rings. The van der Waals surface area contributed by atoms with E-state index in [0.717, 1.165) is 0 Å². The third-order valence-corrected chi connectivity index (χ3v) is 2.15. The number of hydrogen-bond donors (Lipinski definition) is 0. The van der Waals surface area contributed by atoms with Crippen molar-refractivity contribution in [2.24, 2.45) is 0 Å². The predicted molar refractivity (Wildman–Crippen MR) is 60.0 cm³/mol. The molecule has 1 heterocycles. The Hall–Kier alpha value is -2.24. The third kappa shape index (κ3) is 2.91. The van der Waals surface area contributed by atoms with Gasteiger partial charge in [0.15, 0.2) is 0 Å². The van der Waals surface area contributed by atoms with Crippen molar-refractivity contribution < 1.29 is 18.4 Å². The summed E-state index contributed by atoms with van der Waals surface area (Å²) in [5.74, 6) is -0.433. The second kappa shape index (κ2) is 5.39. The first-order valence-corrected chi connectivity index (χ1v) is 5.43. The zero-order valence-corrected chi connectivity index (χ0v) is 9.72. The van der Waals surface area contributed by atoms with Crippen LogP contribution in [0.25, 0.3) is 11.4 Å². The minimum Gasteiger partial charge on any atom is -0.466 e. The lowest BCUT2D eigenvalue weighted by atomic mass is 10.2. The summed E-state index contributed by atoms with van der Waals surface area (Å²) in [6.45, 7) is 2.01. The van der Waals surface area contributed by atoms with E-state index in [-0.39, 0.29) is 24.0 Å². The number of aromatic nitrogens is 2. The van der Waals surface area contributed by atoms with Gasteiger partial charge in [-0.05, 0) is 19.1 Å². The molecule has 5 nitrogen and oxygen atoms in total. The van der Waals surface area contributed by atoms with Crippen molar-refractivity contribution >= 4 is 5.97 Å². The summed E-state index contributed by atoms with van der Waals surface area (Å²) in [7, 11) is 0. The first-order chi connectivity index (χ1) is 8.69. The van der Waals surface area contributed by atoms with E-state index >= 15 is 0 Å². The van der Waals surface area contributed by atoms with Crippen molar-refractivity contribution in [3.63, 3.8) is 0 Å². The number of rotatable bonds is 4. The van der Waals surface area contributed by atoms with Gasteiger partial charge < -0.3 is 9.26 Å². The van der Waals surface area contributed by atoms with E-state index in [1.807, 2.05) is 0 Å². The van der Waals surface area contributed by atoms with Crippen molar-refractivity contribution in [2.45, 2.75) is 13.3 Å². The monoisotopic (exact) mass is 250 g/mol. The van der Waals surface area contributed by atoms with E-state index in [1.54, 1.807) is 19.1 Å². The highest BCUT2D eigenvalue weighted by Gasteiger charge is 2.13. The Bertz CT molecular complexity index is 554. The highest BCUT2D eigenvalue weighted by Crippen LogP contribution is 2.16. The summed E-state index contributed by atoms with van der Waals surface area (Å²) >= 11 is 0. The molecule has 2 rings (SSSR count). The largest absolute Gasteiger partial charge is 0.466 e. The molecule has 0 unspecified atom stereocenters. The Morgan fingerprint density at radius 3 is 3.06 bits per heavy atom. The molecule has 0 aliphatic rings. The fourth-order valence-corrected chi connectivity index (χ4v) is 1.41. The van der Waals surface area contributed by atoms with Crippen molar-refractivity contribution in [2.75, 3.05) is 6.61 Å². The van der Waals surface area contributed by atoms with Crippen LogP contribution in [-0.4, -0.2) is 22.7 Å². The highest BCUT2D eigenvalue weighted by atomic mass is 19.1. The molecule has 18 heavy (non-hydrogen) atoms. The Balaban J connectivity index is 2.13. The van der Waals surface area contributed by atoms with Gasteiger partial charge in [0.25, 0.3) is 0 Å². The standard InChI is InChI=1S/C12H11FN2O3/c1-2-17-11(16)7-10-14-12(15-18-10)8-4-3-5-9(13)6-8/h3-6H,2,7H2,1H3. The molecule has 0 saturated carbocycles. The average Bonchev–Trinajstić information content (AvgIpc) is 2.78. The number of esters is 1. The van der Waals surface area contributed by atoms with Gasteiger partial charge in [-0.2, -0.15) is 4.98 Å². The van der Waals surface area contributed by atoms with E-state index in [0.29, 0.717) is 12.2 Å². The second-order valence-corrected chi connectivity index (χ2v) is 3.50. The van der Waals surface area contributed by atoms with Gasteiger partial charge in [-0.15, -0.1) is 0 Å². The number of hydrogen-bond acceptors (Lipinski definition) is 5. The van der Waals surface area contributed by atoms with E-state index in [9.17, 15) is 9.18 Å². The maximum absolute atomic E-state index is 13.0. The maximum atomic E-state index is 13.0. The Morgan fingerprint density at radius 1 is 1.50 bits per heavy atom. The molecule has 0 spiro atoms. The Morgan fingerprint density at radius 2 is 2.33 bits per heavy atom. The van der Waals surface area contributed by atoms with Crippen molar-refractivity contribution in [3.05, 3.63) is 36.0 Å². The van der Waals surface area contributed by atoms with E-state index < -0.39 is 5.97 Å². The van der Waals surface area contributed by atoms with Crippen LogP contribution in [0, 0.1) is 5.82 Å². The number of halogens is 1. The molecule has 6 heteroatoms. The summed E-state index contributed by atoms with van der Waals surface area (Å²) < 4.78 is 22.7. The molecular weight excluding hydrogens is 239 g/mol. The highest BCUT2D eigenvalue weighted by molar-refractivity contribution is 5.71. The number of benzene rings is 1. The van der Waals surface area contributed by atoms with Gasteiger partial charge >= 0.3 is 5.97 Å². The van der Waals surface area contributed by atoms with Crippen LogP contribution in [0.4, 0.5) is 4.39 Å². The zero-order chi connectivity index (χ0) is 13.0. The zero-order valence-electron chi connectivity index (χ0n) is 9.72. The first-order valence-electron chi connectivity index (χ1n) is 5.43. The van der Waals surface area contributed by atoms with E-state index in [4.69, 9.17) is 9.26 Å². The van der Waals surface area contributed by atoms with Crippen molar-refractivity contribution in [1.82, 2.24) is 10.1 Å². The van der Waals surface area contributed by atoms with Crippen LogP contribution in [0.3, 0.4) is 0 Å². The van der Waals surface area contributed by atoms with Crippen LogP contribution in [0.15, 0.2) is 28.8 Å². The summed E-state index contributed by atoms with van der Waals surface area (Å²) in [4.78, 5) is 15.2. The molecule has 1 aromatic heterocycles. The molecule has 94 valence electrons. The Labute approximate surface area is 103 Å². The minimum atomic E-state index is -0.438. The van der Waals surface area contributed by atoms with Gasteiger partial charge in [-0.1, -0.05) is 17.3 Å². The molecule has 0 saturated heterocycles. The summed E-state index contributed by atoms with van der Waals surface area (Å²) in [6.07, 6.45) is -0.0871. The molecule has 0 aliphatic heterocycles. The molecule has 2 aromatic rings. The lowest BCUT2D eigenvalue weighted by Gasteiger charge is -1.96. The molecule has 0 aliphatic carbocycles. The van der Waals surface area contributed by atoms with Gasteiger partial charge in [0, 0.05) is 5.56 Å². The average molecular weight is 250 g/mol. The molecule has 0 radical (unpaired) electrons. The van der Waals surface area contributed by atoms with Crippen LogP contribution in [0.5, 0.6) is 0 Å². The van der Waals surface area contributed by atoms with Crippen molar-refractivity contribution in [3.8, 4) is 11.4 Å². The minimum absolute atomic E-state index is 0.0871. The van der Waals surface area contributed by atoms with Crippen molar-refractivity contribution in [1.29, 1.82) is 0 Å².